The van der Waals surface area contributed by atoms with Gasteiger partial charge in [0, 0.05) is 17.6 Å². The molecule has 2 aromatic heterocycles. The summed E-state index contributed by atoms with van der Waals surface area (Å²) in [6.07, 6.45) is 4.99. The first-order valence-electron chi connectivity index (χ1n) is 9.10. The van der Waals surface area contributed by atoms with Crippen LogP contribution in [0.15, 0.2) is 80.9 Å². The van der Waals surface area contributed by atoms with E-state index in [1.807, 2.05) is 49.4 Å². The van der Waals surface area contributed by atoms with Crippen LogP contribution in [0, 0.1) is 6.92 Å². The highest BCUT2D eigenvalue weighted by Gasteiger charge is 2.31. The molecule has 4 rings (SSSR count). The Bertz CT molecular complexity index is 1270. The number of thiocarbonyl (C=S) groups is 1. The van der Waals surface area contributed by atoms with Crippen molar-refractivity contribution < 1.29 is 4.79 Å². The molecule has 0 N–H and O–H groups in total. The quantitative estimate of drug-likeness (QED) is 0.246. The van der Waals surface area contributed by atoms with Gasteiger partial charge in [0.05, 0.1) is 10.5 Å². The van der Waals surface area contributed by atoms with Gasteiger partial charge in [0.2, 0.25) is 0 Å². The second-order valence-electron chi connectivity index (χ2n) is 6.57. The van der Waals surface area contributed by atoms with Crippen LogP contribution >= 0.6 is 35.7 Å². The summed E-state index contributed by atoms with van der Waals surface area (Å²) in [6, 6.07) is 13.4. The molecule has 1 aromatic carbocycles. The molecule has 0 bridgehead atoms. The molecule has 0 atom stereocenters. The lowest BCUT2D eigenvalue weighted by Crippen LogP contribution is -2.28. The first-order valence-corrected chi connectivity index (χ1v) is 11.1. The van der Waals surface area contributed by atoms with E-state index in [1.54, 1.807) is 18.3 Å². The smallest absolute Gasteiger partial charge is 0.266 e. The van der Waals surface area contributed by atoms with Crippen LogP contribution in [0.4, 0.5) is 0 Å². The van der Waals surface area contributed by atoms with Gasteiger partial charge in [0.25, 0.3) is 11.5 Å². The zero-order valence-corrected chi connectivity index (χ0v) is 18.5. The summed E-state index contributed by atoms with van der Waals surface area (Å²) in [7, 11) is 0. The average molecular weight is 452 g/mol. The van der Waals surface area contributed by atoms with E-state index in [9.17, 15) is 9.59 Å². The fraction of sp³-hybridized carbons (Fsp3) is 0.0909. The summed E-state index contributed by atoms with van der Waals surface area (Å²) >= 11 is 7.89. The van der Waals surface area contributed by atoms with E-state index in [1.165, 1.54) is 32.8 Å². The summed E-state index contributed by atoms with van der Waals surface area (Å²) in [5.41, 5.74) is 1.64. The van der Waals surface area contributed by atoms with Crippen LogP contribution in [-0.4, -0.2) is 31.1 Å². The molecular weight excluding hydrogens is 434 g/mol. The molecule has 1 fully saturated rings. The maximum absolute atomic E-state index is 13.4. The van der Waals surface area contributed by atoms with Gasteiger partial charge in [0.1, 0.15) is 15.0 Å². The van der Waals surface area contributed by atoms with E-state index in [0.717, 1.165) is 10.5 Å². The number of carbonyl (C=O) groups is 1. The Morgan fingerprint density at radius 2 is 1.97 bits per heavy atom. The molecular formula is C22H17N3O2S3. The number of fused-ring (bicyclic) bond motifs is 1. The van der Waals surface area contributed by atoms with Crippen LogP contribution in [0.1, 0.15) is 11.1 Å². The molecule has 150 valence electrons. The summed E-state index contributed by atoms with van der Waals surface area (Å²) < 4.78 is 1.97. The Hall–Kier alpha value is -2.68. The number of rotatable bonds is 5. The van der Waals surface area contributed by atoms with Crippen LogP contribution in [0.5, 0.6) is 0 Å². The minimum Gasteiger partial charge on any atom is -0.289 e. The Kier molecular flexibility index (Phi) is 5.90. The number of nitrogens with zero attached hydrogens (tertiary/aromatic N) is 3. The molecule has 1 amide bonds. The Balaban J connectivity index is 1.88. The van der Waals surface area contributed by atoms with Gasteiger partial charge < -0.3 is 0 Å². The maximum Gasteiger partial charge on any atom is 0.266 e. The number of hydrogen-bond donors (Lipinski definition) is 0. The highest BCUT2D eigenvalue weighted by atomic mass is 32.2. The number of aromatic nitrogens is 2. The number of benzene rings is 1. The minimum absolute atomic E-state index is 0.226. The molecule has 8 heteroatoms. The molecule has 30 heavy (non-hydrogen) atoms. The van der Waals surface area contributed by atoms with E-state index in [2.05, 4.69) is 6.58 Å². The van der Waals surface area contributed by atoms with Gasteiger partial charge in [-0.25, -0.2) is 4.98 Å². The van der Waals surface area contributed by atoms with Gasteiger partial charge >= 0.3 is 0 Å². The van der Waals surface area contributed by atoms with Crippen LogP contribution in [-0.2, 0) is 4.79 Å². The van der Waals surface area contributed by atoms with Gasteiger partial charge in [-0.15, -0.1) is 6.58 Å². The van der Waals surface area contributed by atoms with Crippen LogP contribution < -0.4 is 5.56 Å². The van der Waals surface area contributed by atoms with Gasteiger partial charge in [0.15, 0.2) is 0 Å². The predicted octanol–water partition coefficient (Wildman–Crippen LogP) is 4.54. The molecule has 0 saturated carbocycles. The molecule has 5 nitrogen and oxygen atoms in total. The molecule has 3 heterocycles. The first kappa shape index (κ1) is 20.6. The lowest BCUT2D eigenvalue weighted by atomic mass is 10.2. The van der Waals surface area contributed by atoms with Crippen molar-refractivity contribution in [1.29, 1.82) is 0 Å². The second kappa shape index (κ2) is 8.59. The Morgan fingerprint density at radius 3 is 2.70 bits per heavy atom. The number of amides is 1. The third-order valence-corrected chi connectivity index (χ3v) is 6.78. The highest BCUT2D eigenvalue weighted by Crippen LogP contribution is 2.34. The molecule has 1 aliphatic heterocycles. The van der Waals surface area contributed by atoms with Gasteiger partial charge in [-0.1, -0.05) is 66.1 Å². The van der Waals surface area contributed by atoms with Crippen LogP contribution in [0.25, 0.3) is 11.7 Å². The van der Waals surface area contributed by atoms with Gasteiger partial charge in [-0.2, -0.15) is 0 Å². The fourth-order valence-corrected chi connectivity index (χ4v) is 5.13. The third-order valence-electron chi connectivity index (χ3n) is 4.39. The number of pyridine rings is 1. The standard InChI is InChI=1S/C22H17N3O2S3/c1-3-11-24-21(27)17(30-22(24)28)12-16-19(29-15-7-5-4-6-8-15)23-18-10-9-14(2)13-25(18)20(16)26/h3-10,12-13H,1,11H2,2H3/b17-12-. The molecule has 0 aliphatic carbocycles. The van der Waals surface area contributed by atoms with E-state index in [4.69, 9.17) is 17.2 Å². The Morgan fingerprint density at radius 1 is 1.20 bits per heavy atom. The number of thioether (sulfide) groups is 1. The van der Waals surface area contributed by atoms with Crippen LogP contribution in [0.3, 0.4) is 0 Å². The number of aryl methyl sites for hydroxylation is 1. The van der Waals surface area contributed by atoms with Crippen molar-refractivity contribution in [3.63, 3.8) is 0 Å². The second-order valence-corrected chi connectivity index (χ2v) is 9.30. The van der Waals surface area contributed by atoms with Crippen molar-refractivity contribution in [2.75, 3.05) is 6.54 Å². The summed E-state index contributed by atoms with van der Waals surface area (Å²) in [6.45, 7) is 5.92. The van der Waals surface area contributed by atoms with Gasteiger partial charge in [-0.05, 0) is 36.8 Å². The zero-order valence-electron chi connectivity index (χ0n) is 16.1. The van der Waals surface area contributed by atoms with E-state index in [-0.39, 0.29) is 11.5 Å². The summed E-state index contributed by atoms with van der Waals surface area (Å²) in [5, 5.41) is 0.545. The van der Waals surface area contributed by atoms with Crippen molar-refractivity contribution in [3.05, 3.63) is 87.7 Å². The SMILES string of the molecule is C=CCN1C(=O)/C(=C/c2c(Sc3ccccc3)nc3ccc(C)cn3c2=O)SC1=S. The van der Waals surface area contributed by atoms with E-state index >= 15 is 0 Å². The van der Waals surface area contributed by atoms with Crippen LogP contribution in [0.2, 0.25) is 0 Å². The summed E-state index contributed by atoms with van der Waals surface area (Å²) in [4.78, 5) is 33.7. The first-order chi connectivity index (χ1) is 14.5. The molecule has 0 unspecified atom stereocenters. The van der Waals surface area contributed by atoms with Crippen molar-refractivity contribution in [2.24, 2.45) is 0 Å². The van der Waals surface area contributed by atoms with Crippen molar-refractivity contribution >= 4 is 57.7 Å². The monoisotopic (exact) mass is 451 g/mol. The van der Waals surface area contributed by atoms with Crippen molar-refractivity contribution in [2.45, 2.75) is 16.8 Å². The predicted molar refractivity (Wildman–Crippen MR) is 127 cm³/mol. The van der Waals surface area contributed by atoms with Gasteiger partial charge in [-0.3, -0.25) is 18.9 Å². The Labute approximate surface area is 187 Å². The molecule has 0 radical (unpaired) electrons. The highest BCUT2D eigenvalue weighted by molar-refractivity contribution is 8.26. The average Bonchev–Trinajstić information content (AvgIpc) is 3.00. The molecule has 3 aromatic rings. The van der Waals surface area contributed by atoms with E-state index in [0.29, 0.717) is 32.0 Å². The largest absolute Gasteiger partial charge is 0.289 e. The van der Waals surface area contributed by atoms with E-state index < -0.39 is 0 Å². The normalized spacial score (nSPS) is 15.4. The van der Waals surface area contributed by atoms with Crippen molar-refractivity contribution in [1.82, 2.24) is 14.3 Å². The molecule has 1 saturated heterocycles. The number of hydrogen-bond acceptors (Lipinski definition) is 6. The topological polar surface area (TPSA) is 54.7 Å². The molecule has 0 spiro atoms. The number of carbonyl (C=O) groups excluding carboxylic acids is 1. The molecule has 1 aliphatic rings. The fourth-order valence-electron chi connectivity index (χ4n) is 2.96. The lowest BCUT2D eigenvalue weighted by Gasteiger charge is -2.11. The maximum atomic E-state index is 13.4. The summed E-state index contributed by atoms with van der Waals surface area (Å²) in [5.74, 6) is -0.227. The third kappa shape index (κ3) is 3.98. The zero-order chi connectivity index (χ0) is 21.3. The lowest BCUT2D eigenvalue weighted by molar-refractivity contribution is -0.121. The minimum atomic E-state index is -0.227. The van der Waals surface area contributed by atoms with Crippen molar-refractivity contribution in [3.8, 4) is 0 Å².